The van der Waals surface area contributed by atoms with Crippen LogP contribution in [0.15, 0.2) is 0 Å². The first kappa shape index (κ1) is 8.97. The summed E-state index contributed by atoms with van der Waals surface area (Å²) in [5.74, 6) is 0. The molecule has 0 radical (unpaired) electrons. The fourth-order valence-electron chi connectivity index (χ4n) is 1.48. The summed E-state index contributed by atoms with van der Waals surface area (Å²) in [6, 6.07) is 0. The molecule has 3 heteroatoms. The van der Waals surface area contributed by atoms with Crippen LogP contribution >= 0.6 is 0 Å². The van der Waals surface area contributed by atoms with Gasteiger partial charge in [-0.2, -0.15) is 0 Å². The van der Waals surface area contributed by atoms with E-state index in [1.807, 2.05) is 0 Å². The fraction of sp³-hybridized carbons (Fsp3) is 1.00. The quantitative estimate of drug-likeness (QED) is 0.624. The fourth-order valence-corrected chi connectivity index (χ4v) is 1.48. The smallest absolute Gasteiger partial charge is 0.133 e. The Bertz CT molecular complexity index is 119. The van der Waals surface area contributed by atoms with Crippen molar-refractivity contribution in [3.8, 4) is 0 Å². The third kappa shape index (κ3) is 1.72. The van der Waals surface area contributed by atoms with Gasteiger partial charge in [-0.3, -0.25) is 4.90 Å². The van der Waals surface area contributed by atoms with Gasteiger partial charge in [0.05, 0.1) is 6.61 Å². The molecule has 0 aromatic heterocycles. The van der Waals surface area contributed by atoms with Crippen molar-refractivity contribution in [3.05, 3.63) is 0 Å². The zero-order valence-electron chi connectivity index (χ0n) is 7.68. The molecule has 0 bridgehead atoms. The van der Waals surface area contributed by atoms with Crippen molar-refractivity contribution in [3.63, 3.8) is 0 Å². The summed E-state index contributed by atoms with van der Waals surface area (Å²) in [4.78, 5) is 2.15. The van der Waals surface area contributed by atoms with Crippen LogP contribution in [-0.2, 0) is 4.74 Å². The number of nitrogens with zero attached hydrogens (tertiary/aromatic N) is 1. The maximum Gasteiger partial charge on any atom is 0.133 e. The first-order valence-corrected chi connectivity index (χ1v) is 4.23. The lowest BCUT2D eigenvalue weighted by atomic mass is 10.1. The average molecular weight is 158 g/mol. The van der Waals surface area contributed by atoms with Crippen LogP contribution in [0.25, 0.3) is 0 Å². The molecular formula is C8H18N2O. The number of hydrogen-bond acceptors (Lipinski definition) is 3. The molecule has 1 atom stereocenters. The third-order valence-corrected chi connectivity index (χ3v) is 2.42. The lowest BCUT2D eigenvalue weighted by Crippen LogP contribution is -2.57. The summed E-state index contributed by atoms with van der Waals surface area (Å²) in [7, 11) is 4.13. The first-order chi connectivity index (χ1) is 5.21. The van der Waals surface area contributed by atoms with E-state index < -0.39 is 0 Å². The minimum absolute atomic E-state index is 0.0573. The Balaban J connectivity index is 2.57. The first-order valence-electron chi connectivity index (χ1n) is 4.23. The van der Waals surface area contributed by atoms with E-state index in [2.05, 4.69) is 31.2 Å². The number of nitrogens with one attached hydrogen (secondary N) is 1. The van der Waals surface area contributed by atoms with Crippen LogP contribution in [0.3, 0.4) is 0 Å². The number of hydrogen-bond donors (Lipinski definition) is 1. The van der Waals surface area contributed by atoms with Crippen LogP contribution in [0.2, 0.25) is 0 Å². The number of likely N-dealkylation sites (N-methyl/N-ethyl adjacent to an activating group) is 1. The second-order valence-corrected chi connectivity index (χ2v) is 3.22. The summed E-state index contributed by atoms with van der Waals surface area (Å²) in [5.41, 5.74) is -0.0573. The largest absolute Gasteiger partial charge is 0.358 e. The molecule has 3 nitrogen and oxygen atoms in total. The number of rotatable bonds is 2. The molecule has 1 heterocycles. The molecule has 0 saturated carbocycles. The van der Waals surface area contributed by atoms with Gasteiger partial charge in [0.15, 0.2) is 0 Å². The molecule has 0 aromatic carbocycles. The highest BCUT2D eigenvalue weighted by molar-refractivity contribution is 4.81. The molecule has 1 aliphatic heterocycles. The van der Waals surface area contributed by atoms with Gasteiger partial charge >= 0.3 is 0 Å². The van der Waals surface area contributed by atoms with Gasteiger partial charge in [-0.1, -0.05) is 6.92 Å². The Labute approximate surface area is 68.7 Å². The normalized spacial score (nSPS) is 32.7. The van der Waals surface area contributed by atoms with E-state index in [4.69, 9.17) is 4.74 Å². The molecule has 66 valence electrons. The average Bonchev–Trinajstić information content (AvgIpc) is 2.05. The van der Waals surface area contributed by atoms with E-state index in [0.717, 1.165) is 26.1 Å². The molecule has 1 unspecified atom stereocenters. The summed E-state index contributed by atoms with van der Waals surface area (Å²) >= 11 is 0. The highest BCUT2D eigenvalue weighted by Gasteiger charge is 2.33. The van der Waals surface area contributed by atoms with Gasteiger partial charge in [0.2, 0.25) is 0 Å². The van der Waals surface area contributed by atoms with Gasteiger partial charge in [0.25, 0.3) is 0 Å². The minimum Gasteiger partial charge on any atom is -0.358 e. The van der Waals surface area contributed by atoms with Crippen molar-refractivity contribution in [2.24, 2.45) is 0 Å². The van der Waals surface area contributed by atoms with E-state index in [1.165, 1.54) is 0 Å². The molecule has 1 rings (SSSR count). The monoisotopic (exact) mass is 158 g/mol. The van der Waals surface area contributed by atoms with Crippen LogP contribution in [0.4, 0.5) is 0 Å². The Hall–Kier alpha value is -0.120. The van der Waals surface area contributed by atoms with E-state index in [0.29, 0.717) is 0 Å². The van der Waals surface area contributed by atoms with E-state index >= 15 is 0 Å². The maximum atomic E-state index is 5.74. The minimum atomic E-state index is -0.0573. The van der Waals surface area contributed by atoms with Crippen molar-refractivity contribution in [1.82, 2.24) is 10.2 Å². The molecule has 11 heavy (non-hydrogen) atoms. The van der Waals surface area contributed by atoms with Gasteiger partial charge in [0.1, 0.15) is 5.72 Å². The third-order valence-electron chi connectivity index (χ3n) is 2.42. The summed E-state index contributed by atoms with van der Waals surface area (Å²) in [5, 5.41) is 3.34. The SMILES string of the molecule is CCC1(N(C)C)CNCCO1. The number of ether oxygens (including phenoxy) is 1. The topological polar surface area (TPSA) is 24.5 Å². The Kier molecular flexibility index (Phi) is 2.87. The zero-order valence-corrected chi connectivity index (χ0v) is 7.68. The van der Waals surface area contributed by atoms with Gasteiger partial charge in [-0.25, -0.2) is 0 Å². The molecule has 1 aliphatic rings. The van der Waals surface area contributed by atoms with Gasteiger partial charge in [-0.05, 0) is 20.5 Å². The van der Waals surface area contributed by atoms with Crippen molar-refractivity contribution >= 4 is 0 Å². The second kappa shape index (κ2) is 3.52. The summed E-state index contributed by atoms with van der Waals surface area (Å²) in [6.45, 7) is 4.91. The van der Waals surface area contributed by atoms with Crippen LogP contribution in [-0.4, -0.2) is 44.4 Å². The highest BCUT2D eigenvalue weighted by Crippen LogP contribution is 2.19. The lowest BCUT2D eigenvalue weighted by molar-refractivity contribution is -0.153. The second-order valence-electron chi connectivity index (χ2n) is 3.22. The molecule has 0 aliphatic carbocycles. The van der Waals surface area contributed by atoms with Crippen molar-refractivity contribution in [2.45, 2.75) is 19.1 Å². The molecular weight excluding hydrogens is 140 g/mol. The van der Waals surface area contributed by atoms with Crippen molar-refractivity contribution in [2.75, 3.05) is 33.8 Å². The predicted molar refractivity (Wildman–Crippen MR) is 45.5 cm³/mol. The maximum absolute atomic E-state index is 5.74. The van der Waals surface area contributed by atoms with Crippen LogP contribution < -0.4 is 5.32 Å². The number of morpholine rings is 1. The molecule has 1 saturated heterocycles. The molecule has 0 amide bonds. The molecule has 0 aromatic rings. The van der Waals surface area contributed by atoms with E-state index in [-0.39, 0.29) is 5.72 Å². The Morgan fingerprint density at radius 1 is 1.55 bits per heavy atom. The van der Waals surface area contributed by atoms with Crippen LogP contribution in [0.5, 0.6) is 0 Å². The molecule has 1 N–H and O–H groups in total. The van der Waals surface area contributed by atoms with Crippen molar-refractivity contribution < 1.29 is 4.74 Å². The Morgan fingerprint density at radius 3 is 2.55 bits per heavy atom. The van der Waals surface area contributed by atoms with Gasteiger partial charge in [-0.15, -0.1) is 0 Å². The van der Waals surface area contributed by atoms with Gasteiger partial charge < -0.3 is 10.1 Å². The van der Waals surface area contributed by atoms with E-state index in [9.17, 15) is 0 Å². The lowest BCUT2D eigenvalue weighted by Gasteiger charge is -2.42. The van der Waals surface area contributed by atoms with Crippen LogP contribution in [0.1, 0.15) is 13.3 Å². The summed E-state index contributed by atoms with van der Waals surface area (Å²) < 4.78 is 5.74. The van der Waals surface area contributed by atoms with E-state index in [1.54, 1.807) is 0 Å². The molecule has 0 spiro atoms. The standard InChI is InChI=1S/C8H18N2O/c1-4-8(10(2)3)7-9-5-6-11-8/h9H,4-7H2,1-3H3. The predicted octanol–water partition coefficient (Wildman–Crippen LogP) is 0.274. The molecule has 1 fully saturated rings. The summed E-state index contributed by atoms with van der Waals surface area (Å²) in [6.07, 6.45) is 1.03. The van der Waals surface area contributed by atoms with Crippen LogP contribution in [0, 0.1) is 0 Å². The zero-order chi connectivity index (χ0) is 8.32. The highest BCUT2D eigenvalue weighted by atomic mass is 16.5. The van der Waals surface area contributed by atoms with Crippen molar-refractivity contribution in [1.29, 1.82) is 0 Å². The Morgan fingerprint density at radius 2 is 2.27 bits per heavy atom. The van der Waals surface area contributed by atoms with Gasteiger partial charge in [0, 0.05) is 13.1 Å².